The molecular weight excluding hydrogens is 234 g/mol. The molecule has 2 heteroatoms. The van der Waals surface area contributed by atoms with Gasteiger partial charge in [0.1, 0.15) is 0 Å². The monoisotopic (exact) mass is 262 g/mol. The molecule has 1 saturated heterocycles. The van der Waals surface area contributed by atoms with Crippen LogP contribution in [0.3, 0.4) is 0 Å². The Labute approximate surface area is 117 Å². The van der Waals surface area contributed by atoms with E-state index in [-0.39, 0.29) is 5.60 Å². The maximum absolute atomic E-state index is 5.86. The van der Waals surface area contributed by atoms with Crippen molar-refractivity contribution in [2.75, 3.05) is 13.2 Å². The fourth-order valence-corrected chi connectivity index (χ4v) is 3.33. The zero-order valence-electron chi connectivity index (χ0n) is 12.6. The zero-order valence-corrected chi connectivity index (χ0v) is 12.6. The quantitative estimate of drug-likeness (QED) is 0.890. The largest absolute Gasteiger partial charge is 0.376 e. The molecule has 0 aliphatic carbocycles. The number of aryl methyl sites for hydroxylation is 1. The van der Waals surface area contributed by atoms with Crippen molar-refractivity contribution in [1.82, 2.24) is 0 Å². The lowest BCUT2D eigenvalue weighted by atomic mass is 9.75. The Kier molecular flexibility index (Phi) is 4.64. The van der Waals surface area contributed by atoms with Crippen molar-refractivity contribution in [1.29, 1.82) is 0 Å². The zero-order chi connectivity index (χ0) is 13.9. The molecule has 0 unspecified atom stereocenters. The minimum Gasteiger partial charge on any atom is -0.376 e. The number of hydrogen-bond donors (Lipinski definition) is 1. The molecule has 1 aromatic rings. The molecule has 106 valence electrons. The molecule has 0 radical (unpaired) electrons. The molecule has 2 nitrogen and oxygen atoms in total. The Morgan fingerprint density at radius 1 is 1.32 bits per heavy atom. The molecule has 0 amide bonds. The van der Waals surface area contributed by atoms with Crippen molar-refractivity contribution in [3.8, 4) is 0 Å². The molecule has 1 aliphatic rings. The van der Waals surface area contributed by atoms with E-state index in [4.69, 9.17) is 4.74 Å². The van der Waals surface area contributed by atoms with Crippen LogP contribution in [0.2, 0.25) is 0 Å². The van der Waals surface area contributed by atoms with Gasteiger partial charge in [-0.05, 0) is 51.0 Å². The highest BCUT2D eigenvalue weighted by atomic mass is 16.5. The van der Waals surface area contributed by atoms with E-state index >= 15 is 0 Å². The SMILES string of the molecule is Cc1ccc([C@H](CC[NH3+])[C@@H]2CCOC(C)(C)C2)cc1. The Hall–Kier alpha value is -0.860. The van der Waals surface area contributed by atoms with Gasteiger partial charge in [0.25, 0.3) is 0 Å². The highest BCUT2D eigenvalue weighted by molar-refractivity contribution is 5.25. The lowest BCUT2D eigenvalue weighted by Gasteiger charge is -2.39. The van der Waals surface area contributed by atoms with Gasteiger partial charge in [0.05, 0.1) is 12.1 Å². The van der Waals surface area contributed by atoms with E-state index in [1.165, 1.54) is 24.0 Å². The third-order valence-electron chi connectivity index (χ3n) is 4.32. The summed E-state index contributed by atoms with van der Waals surface area (Å²) in [4.78, 5) is 0. The summed E-state index contributed by atoms with van der Waals surface area (Å²) in [7, 11) is 0. The van der Waals surface area contributed by atoms with Crippen molar-refractivity contribution in [2.45, 2.75) is 51.6 Å². The van der Waals surface area contributed by atoms with Crippen LogP contribution in [0.25, 0.3) is 0 Å². The average Bonchev–Trinajstić information content (AvgIpc) is 2.36. The second-order valence-electron chi connectivity index (χ2n) is 6.52. The molecule has 1 aromatic carbocycles. The van der Waals surface area contributed by atoms with Gasteiger partial charge in [0.2, 0.25) is 0 Å². The minimum absolute atomic E-state index is 0.0348. The predicted octanol–water partition coefficient (Wildman–Crippen LogP) is 2.92. The van der Waals surface area contributed by atoms with E-state index in [0.29, 0.717) is 5.92 Å². The van der Waals surface area contributed by atoms with E-state index in [1.54, 1.807) is 0 Å². The number of hydrogen-bond acceptors (Lipinski definition) is 1. The minimum atomic E-state index is 0.0348. The fraction of sp³-hybridized carbons (Fsp3) is 0.647. The van der Waals surface area contributed by atoms with Crippen LogP contribution in [0.4, 0.5) is 0 Å². The van der Waals surface area contributed by atoms with Crippen molar-refractivity contribution in [3.63, 3.8) is 0 Å². The normalized spacial score (nSPS) is 24.1. The number of quaternary nitrogens is 1. The van der Waals surface area contributed by atoms with Gasteiger partial charge in [-0.1, -0.05) is 29.8 Å². The smallest absolute Gasteiger partial charge is 0.0745 e. The summed E-state index contributed by atoms with van der Waals surface area (Å²) in [5.41, 5.74) is 6.92. The summed E-state index contributed by atoms with van der Waals surface area (Å²) in [5.74, 6) is 1.37. The molecule has 3 N–H and O–H groups in total. The molecule has 1 fully saturated rings. The lowest BCUT2D eigenvalue weighted by Crippen LogP contribution is -2.51. The lowest BCUT2D eigenvalue weighted by molar-refractivity contribution is -0.369. The van der Waals surface area contributed by atoms with Crippen LogP contribution in [-0.2, 0) is 4.74 Å². The van der Waals surface area contributed by atoms with Crippen LogP contribution >= 0.6 is 0 Å². The Bertz CT molecular complexity index is 396. The van der Waals surface area contributed by atoms with Crippen LogP contribution in [-0.4, -0.2) is 18.8 Å². The molecule has 2 rings (SSSR count). The maximum Gasteiger partial charge on any atom is 0.0745 e. The van der Waals surface area contributed by atoms with Crippen LogP contribution < -0.4 is 5.73 Å². The standard InChI is InChI=1S/C17H27NO/c1-13-4-6-14(7-5-13)16(8-10-18)15-9-11-19-17(2,3)12-15/h4-7,15-16H,8-12,18H2,1-3H3/p+1/t15-,16+/m1/s1. The van der Waals surface area contributed by atoms with Crippen LogP contribution in [0.5, 0.6) is 0 Å². The van der Waals surface area contributed by atoms with Crippen LogP contribution in [0.15, 0.2) is 24.3 Å². The molecule has 0 saturated carbocycles. The van der Waals surface area contributed by atoms with Gasteiger partial charge < -0.3 is 10.5 Å². The van der Waals surface area contributed by atoms with Gasteiger partial charge in [-0.3, -0.25) is 0 Å². The number of benzene rings is 1. The number of rotatable bonds is 4. The Balaban J connectivity index is 2.17. The molecule has 1 aliphatic heterocycles. The molecule has 0 spiro atoms. The molecular formula is C17H28NO+. The van der Waals surface area contributed by atoms with Crippen molar-refractivity contribution in [2.24, 2.45) is 5.92 Å². The van der Waals surface area contributed by atoms with Crippen LogP contribution in [0, 0.1) is 12.8 Å². The molecule has 0 aromatic heterocycles. The van der Waals surface area contributed by atoms with Crippen LogP contribution in [0.1, 0.15) is 50.2 Å². The van der Waals surface area contributed by atoms with Gasteiger partial charge in [-0.25, -0.2) is 0 Å². The van der Waals surface area contributed by atoms with Gasteiger partial charge in [-0.2, -0.15) is 0 Å². The number of ether oxygens (including phenoxy) is 1. The highest BCUT2D eigenvalue weighted by Crippen LogP contribution is 2.39. The predicted molar refractivity (Wildman–Crippen MR) is 79.0 cm³/mol. The molecule has 2 atom stereocenters. The van der Waals surface area contributed by atoms with E-state index < -0.39 is 0 Å². The summed E-state index contributed by atoms with van der Waals surface area (Å²) in [6.45, 7) is 8.50. The van der Waals surface area contributed by atoms with E-state index in [2.05, 4.69) is 50.8 Å². The van der Waals surface area contributed by atoms with Gasteiger partial charge in [-0.15, -0.1) is 0 Å². The van der Waals surface area contributed by atoms with E-state index in [9.17, 15) is 0 Å². The van der Waals surface area contributed by atoms with Gasteiger partial charge in [0, 0.05) is 13.0 Å². The second-order valence-corrected chi connectivity index (χ2v) is 6.52. The summed E-state index contributed by atoms with van der Waals surface area (Å²) < 4.78 is 5.86. The molecule has 1 heterocycles. The topological polar surface area (TPSA) is 36.9 Å². The Morgan fingerprint density at radius 2 is 2.00 bits per heavy atom. The van der Waals surface area contributed by atoms with Crippen molar-refractivity contribution in [3.05, 3.63) is 35.4 Å². The first-order valence-corrected chi connectivity index (χ1v) is 7.51. The first-order chi connectivity index (χ1) is 9.02. The second kappa shape index (κ2) is 6.06. The van der Waals surface area contributed by atoms with Gasteiger partial charge >= 0.3 is 0 Å². The summed E-state index contributed by atoms with van der Waals surface area (Å²) in [6.07, 6.45) is 3.53. The third-order valence-corrected chi connectivity index (χ3v) is 4.32. The third kappa shape index (κ3) is 3.80. The van der Waals surface area contributed by atoms with E-state index in [0.717, 1.165) is 25.5 Å². The first-order valence-electron chi connectivity index (χ1n) is 7.51. The fourth-order valence-electron chi connectivity index (χ4n) is 3.33. The highest BCUT2D eigenvalue weighted by Gasteiger charge is 2.33. The Morgan fingerprint density at radius 3 is 2.58 bits per heavy atom. The average molecular weight is 262 g/mol. The van der Waals surface area contributed by atoms with E-state index in [1.807, 2.05) is 0 Å². The first kappa shape index (κ1) is 14.5. The van der Waals surface area contributed by atoms with Crippen molar-refractivity contribution < 1.29 is 10.5 Å². The molecule has 19 heavy (non-hydrogen) atoms. The van der Waals surface area contributed by atoms with Gasteiger partial charge in [0.15, 0.2) is 0 Å². The summed E-state index contributed by atoms with van der Waals surface area (Å²) >= 11 is 0. The summed E-state index contributed by atoms with van der Waals surface area (Å²) in [5, 5.41) is 0. The maximum atomic E-state index is 5.86. The summed E-state index contributed by atoms with van der Waals surface area (Å²) in [6, 6.07) is 9.07. The molecule has 0 bridgehead atoms. The van der Waals surface area contributed by atoms with Crippen molar-refractivity contribution >= 4 is 0 Å².